The van der Waals surface area contributed by atoms with Crippen LogP contribution >= 0.6 is 11.3 Å². The van der Waals surface area contributed by atoms with Crippen molar-refractivity contribution < 1.29 is 19.1 Å². The van der Waals surface area contributed by atoms with E-state index >= 15 is 0 Å². The van der Waals surface area contributed by atoms with E-state index in [4.69, 9.17) is 9.47 Å². The Morgan fingerprint density at radius 3 is 2.79 bits per heavy atom. The fourth-order valence-corrected chi connectivity index (χ4v) is 3.26. The summed E-state index contributed by atoms with van der Waals surface area (Å²) in [4.78, 5) is 30.1. The van der Waals surface area contributed by atoms with Gasteiger partial charge in [-0.2, -0.15) is 0 Å². The Morgan fingerprint density at radius 2 is 2.12 bits per heavy atom. The molecule has 0 bridgehead atoms. The molecule has 0 radical (unpaired) electrons. The Kier molecular flexibility index (Phi) is 5.10. The maximum absolute atomic E-state index is 12.6. The van der Waals surface area contributed by atoms with Gasteiger partial charge < -0.3 is 14.4 Å². The molecule has 0 spiro atoms. The maximum atomic E-state index is 12.6. The van der Waals surface area contributed by atoms with Crippen molar-refractivity contribution in [2.45, 2.75) is 25.5 Å². The number of thiazole rings is 1. The molecule has 2 heterocycles. The molecule has 1 atom stereocenters. The van der Waals surface area contributed by atoms with Crippen molar-refractivity contribution in [1.29, 1.82) is 0 Å². The van der Waals surface area contributed by atoms with Crippen LogP contribution in [0.15, 0.2) is 35.2 Å². The quantitative estimate of drug-likeness (QED) is 0.778. The number of methoxy groups -OCH3 is 1. The number of rotatable bonds is 5. The molecule has 0 aliphatic carbocycles. The number of amides is 1. The third-order valence-corrected chi connectivity index (χ3v) is 4.59. The molecule has 1 aliphatic heterocycles. The van der Waals surface area contributed by atoms with E-state index in [2.05, 4.69) is 4.98 Å². The monoisotopic (exact) mass is 346 g/mol. The average Bonchev–Trinajstić information content (AvgIpc) is 3.30. The zero-order valence-electron chi connectivity index (χ0n) is 13.3. The average molecular weight is 346 g/mol. The molecule has 6 nitrogen and oxygen atoms in total. The molecule has 0 unspecified atom stereocenters. The maximum Gasteiger partial charge on any atom is 0.328 e. The first kappa shape index (κ1) is 16.4. The predicted molar refractivity (Wildman–Crippen MR) is 89.0 cm³/mol. The molecule has 1 aliphatic rings. The summed E-state index contributed by atoms with van der Waals surface area (Å²) in [5, 5.41) is 1.93. The number of ether oxygens (including phenoxy) is 2. The van der Waals surface area contributed by atoms with Gasteiger partial charge in [0.1, 0.15) is 18.4 Å². The van der Waals surface area contributed by atoms with E-state index in [0.717, 1.165) is 12.1 Å². The van der Waals surface area contributed by atoms with Gasteiger partial charge in [-0.1, -0.05) is 0 Å². The molecule has 3 rings (SSSR count). The lowest BCUT2D eigenvalue weighted by Gasteiger charge is -2.22. The van der Waals surface area contributed by atoms with E-state index in [-0.39, 0.29) is 11.9 Å². The van der Waals surface area contributed by atoms with Gasteiger partial charge in [0.15, 0.2) is 0 Å². The molecule has 1 amide bonds. The van der Waals surface area contributed by atoms with Crippen molar-refractivity contribution in [1.82, 2.24) is 9.88 Å². The smallest absolute Gasteiger partial charge is 0.328 e. The summed E-state index contributed by atoms with van der Waals surface area (Å²) < 4.78 is 10.4. The van der Waals surface area contributed by atoms with Crippen LogP contribution in [0.25, 0.3) is 0 Å². The summed E-state index contributed by atoms with van der Waals surface area (Å²) in [6, 6.07) is 6.45. The summed E-state index contributed by atoms with van der Waals surface area (Å²) in [5.41, 5.74) is 3.17. The molecule has 1 aromatic carbocycles. The lowest BCUT2D eigenvalue weighted by Crippen LogP contribution is -2.41. The zero-order chi connectivity index (χ0) is 16.9. The standard InChI is InChI=1S/C17H18N2O4S/c1-22-17(21)15-3-2-8-19(15)16(20)12-4-6-14(7-5-12)23-9-13-10-24-11-18-13/h4-7,10-11,15H,2-3,8-9H2,1H3/t15-/m1/s1. The fraction of sp³-hybridized carbons (Fsp3) is 0.353. The molecule has 1 fully saturated rings. The summed E-state index contributed by atoms with van der Waals surface area (Å²) in [6.45, 7) is 0.966. The summed E-state index contributed by atoms with van der Waals surface area (Å²) >= 11 is 1.52. The Balaban J connectivity index is 1.64. The normalized spacial score (nSPS) is 16.9. The van der Waals surface area contributed by atoms with Gasteiger partial charge in [0.25, 0.3) is 5.91 Å². The van der Waals surface area contributed by atoms with Crippen LogP contribution in [0.4, 0.5) is 0 Å². The van der Waals surface area contributed by atoms with Gasteiger partial charge in [-0.15, -0.1) is 11.3 Å². The number of esters is 1. The van der Waals surface area contributed by atoms with Crippen molar-refractivity contribution >= 4 is 23.2 Å². The predicted octanol–water partition coefficient (Wildman–Crippen LogP) is 2.50. The summed E-state index contributed by atoms with van der Waals surface area (Å²) in [5.74, 6) is 0.156. The van der Waals surface area contributed by atoms with E-state index in [0.29, 0.717) is 30.9 Å². The molecular weight excluding hydrogens is 328 g/mol. The number of hydrogen-bond acceptors (Lipinski definition) is 6. The number of aromatic nitrogens is 1. The number of carbonyl (C=O) groups is 2. The fourth-order valence-electron chi connectivity index (χ4n) is 2.72. The number of benzene rings is 1. The van der Waals surface area contributed by atoms with Crippen LogP contribution in [0.2, 0.25) is 0 Å². The first-order chi connectivity index (χ1) is 11.7. The van der Waals surface area contributed by atoms with Crippen molar-refractivity contribution in [2.24, 2.45) is 0 Å². The summed E-state index contributed by atoms with van der Waals surface area (Å²) in [6.07, 6.45) is 1.45. The largest absolute Gasteiger partial charge is 0.487 e. The van der Waals surface area contributed by atoms with Crippen molar-refractivity contribution in [2.75, 3.05) is 13.7 Å². The van der Waals surface area contributed by atoms with E-state index < -0.39 is 6.04 Å². The van der Waals surface area contributed by atoms with Gasteiger partial charge in [0.2, 0.25) is 0 Å². The minimum atomic E-state index is -0.483. The van der Waals surface area contributed by atoms with Crippen LogP contribution < -0.4 is 4.74 Å². The van der Waals surface area contributed by atoms with Crippen LogP contribution in [-0.2, 0) is 16.1 Å². The Morgan fingerprint density at radius 1 is 1.33 bits per heavy atom. The lowest BCUT2D eigenvalue weighted by molar-refractivity contribution is -0.145. The molecule has 126 valence electrons. The Bertz CT molecular complexity index is 700. The van der Waals surface area contributed by atoms with Crippen LogP contribution in [0, 0.1) is 0 Å². The lowest BCUT2D eigenvalue weighted by atomic mass is 10.1. The number of likely N-dealkylation sites (tertiary alicyclic amines) is 1. The minimum absolute atomic E-state index is 0.158. The van der Waals surface area contributed by atoms with E-state index in [1.165, 1.54) is 18.4 Å². The number of nitrogens with zero attached hydrogens (tertiary/aromatic N) is 2. The topological polar surface area (TPSA) is 68.7 Å². The minimum Gasteiger partial charge on any atom is -0.487 e. The molecule has 1 aromatic heterocycles. The molecule has 7 heteroatoms. The molecule has 0 saturated carbocycles. The van der Waals surface area contributed by atoms with Gasteiger partial charge in [-0.05, 0) is 37.1 Å². The Labute approximate surface area is 144 Å². The van der Waals surface area contributed by atoms with Crippen LogP contribution in [-0.4, -0.2) is 41.5 Å². The van der Waals surface area contributed by atoms with Gasteiger partial charge in [0, 0.05) is 17.5 Å². The highest BCUT2D eigenvalue weighted by molar-refractivity contribution is 7.07. The highest BCUT2D eigenvalue weighted by Crippen LogP contribution is 2.22. The van der Waals surface area contributed by atoms with E-state index in [1.54, 1.807) is 34.7 Å². The van der Waals surface area contributed by atoms with Crippen LogP contribution in [0.3, 0.4) is 0 Å². The van der Waals surface area contributed by atoms with Crippen LogP contribution in [0.5, 0.6) is 5.75 Å². The molecule has 1 saturated heterocycles. The zero-order valence-corrected chi connectivity index (χ0v) is 14.1. The van der Waals surface area contributed by atoms with Gasteiger partial charge in [-0.3, -0.25) is 4.79 Å². The SMILES string of the molecule is COC(=O)[C@H]1CCCN1C(=O)c1ccc(OCc2cscn2)cc1. The molecular formula is C17H18N2O4S. The van der Waals surface area contributed by atoms with Gasteiger partial charge in [0.05, 0.1) is 18.3 Å². The number of carbonyl (C=O) groups excluding carboxylic acids is 2. The van der Waals surface area contributed by atoms with Gasteiger partial charge >= 0.3 is 5.97 Å². The summed E-state index contributed by atoms with van der Waals surface area (Å²) in [7, 11) is 1.35. The third-order valence-electron chi connectivity index (χ3n) is 3.96. The second kappa shape index (κ2) is 7.44. The molecule has 0 N–H and O–H groups in total. The van der Waals surface area contributed by atoms with Crippen LogP contribution in [0.1, 0.15) is 28.9 Å². The van der Waals surface area contributed by atoms with E-state index in [9.17, 15) is 9.59 Å². The third kappa shape index (κ3) is 3.56. The first-order valence-corrected chi connectivity index (χ1v) is 8.62. The first-order valence-electron chi connectivity index (χ1n) is 7.68. The van der Waals surface area contributed by atoms with Gasteiger partial charge in [-0.25, -0.2) is 9.78 Å². The Hall–Kier alpha value is -2.41. The molecule has 2 aromatic rings. The second-order valence-corrected chi connectivity index (χ2v) is 6.19. The second-order valence-electron chi connectivity index (χ2n) is 5.47. The van der Waals surface area contributed by atoms with Crippen molar-refractivity contribution in [3.05, 3.63) is 46.4 Å². The number of hydrogen-bond donors (Lipinski definition) is 0. The van der Waals surface area contributed by atoms with Crippen molar-refractivity contribution in [3.8, 4) is 5.75 Å². The van der Waals surface area contributed by atoms with E-state index in [1.807, 2.05) is 5.38 Å². The highest BCUT2D eigenvalue weighted by atomic mass is 32.1. The molecule has 24 heavy (non-hydrogen) atoms. The highest BCUT2D eigenvalue weighted by Gasteiger charge is 2.35. The van der Waals surface area contributed by atoms with Crippen molar-refractivity contribution in [3.63, 3.8) is 0 Å².